The first-order chi connectivity index (χ1) is 16.9. The van der Waals surface area contributed by atoms with Crippen molar-refractivity contribution >= 4 is 40.5 Å². The highest BCUT2D eigenvalue weighted by Gasteiger charge is 2.27. The summed E-state index contributed by atoms with van der Waals surface area (Å²) in [5.41, 5.74) is 2.23. The van der Waals surface area contributed by atoms with Gasteiger partial charge in [0.2, 0.25) is 0 Å². The minimum atomic E-state index is -0.573. The van der Waals surface area contributed by atoms with Crippen molar-refractivity contribution in [2.75, 3.05) is 48.8 Å². The van der Waals surface area contributed by atoms with Crippen LogP contribution in [-0.2, 0) is 0 Å². The Morgan fingerprint density at radius 2 is 1.54 bits per heavy atom. The van der Waals surface area contributed by atoms with Crippen LogP contribution < -0.4 is 26.4 Å². The van der Waals surface area contributed by atoms with Crippen LogP contribution in [0.15, 0.2) is 59.5 Å². The average Bonchev–Trinajstić information content (AvgIpc) is 3.13. The number of amides is 3. The average molecular weight is 473 g/mol. The molecule has 0 spiro atoms. The highest BCUT2D eigenvalue weighted by molar-refractivity contribution is 6.21. The van der Waals surface area contributed by atoms with Crippen LogP contribution in [0.25, 0.3) is 0 Å². The first kappa shape index (κ1) is 22.4. The summed E-state index contributed by atoms with van der Waals surface area (Å²) in [6.07, 6.45) is 1.43. The van der Waals surface area contributed by atoms with Gasteiger partial charge in [0.15, 0.2) is 0 Å². The molecule has 0 radical (unpaired) electrons. The minimum Gasteiger partial charge on any atom is -0.369 e. The van der Waals surface area contributed by atoms with Gasteiger partial charge in [-0.15, -0.1) is 0 Å². The molecule has 1 saturated heterocycles. The molecule has 1 fully saturated rings. The lowest BCUT2D eigenvalue weighted by atomic mass is 10.1. The van der Waals surface area contributed by atoms with Crippen molar-refractivity contribution in [3.05, 3.63) is 81.8 Å². The van der Waals surface area contributed by atoms with E-state index in [4.69, 9.17) is 0 Å². The van der Waals surface area contributed by atoms with Gasteiger partial charge in [0, 0.05) is 49.4 Å². The number of aromatic amines is 1. The van der Waals surface area contributed by atoms with Gasteiger partial charge in [0.25, 0.3) is 23.3 Å². The maximum atomic E-state index is 13.1. The Kier molecular flexibility index (Phi) is 5.79. The molecule has 2 aromatic carbocycles. The monoisotopic (exact) mass is 472 g/mol. The Bertz CT molecular complexity index is 1370. The fourth-order valence-corrected chi connectivity index (χ4v) is 4.22. The van der Waals surface area contributed by atoms with E-state index in [1.165, 1.54) is 18.3 Å². The van der Waals surface area contributed by atoms with Gasteiger partial charge in [-0.05, 0) is 55.6 Å². The molecule has 5 rings (SSSR count). The first-order valence-electron chi connectivity index (χ1n) is 11.2. The molecule has 10 nitrogen and oxygen atoms in total. The van der Waals surface area contributed by atoms with E-state index >= 15 is 0 Å². The third-order valence-electron chi connectivity index (χ3n) is 6.20. The Morgan fingerprint density at radius 1 is 0.857 bits per heavy atom. The van der Waals surface area contributed by atoms with Crippen LogP contribution >= 0.6 is 0 Å². The number of carbonyl (C=O) groups is 3. The summed E-state index contributed by atoms with van der Waals surface area (Å²) in [6, 6.07) is 13.7. The number of hydrogen-bond acceptors (Lipinski definition) is 7. The zero-order chi connectivity index (χ0) is 24.5. The van der Waals surface area contributed by atoms with Gasteiger partial charge in [-0.1, -0.05) is 0 Å². The lowest BCUT2D eigenvalue weighted by molar-refractivity contribution is 0.0878. The van der Waals surface area contributed by atoms with Gasteiger partial charge >= 0.3 is 0 Å². The summed E-state index contributed by atoms with van der Waals surface area (Å²) in [6.45, 7) is 3.87. The van der Waals surface area contributed by atoms with Crippen LogP contribution in [-0.4, -0.2) is 60.8 Å². The van der Waals surface area contributed by atoms with Gasteiger partial charge in [0.05, 0.1) is 16.8 Å². The van der Waals surface area contributed by atoms with E-state index in [2.05, 4.69) is 37.8 Å². The largest absolute Gasteiger partial charge is 0.369 e. The van der Waals surface area contributed by atoms with E-state index in [-0.39, 0.29) is 22.4 Å². The molecule has 3 amide bonds. The Morgan fingerprint density at radius 3 is 2.29 bits per heavy atom. The van der Waals surface area contributed by atoms with E-state index < -0.39 is 23.3 Å². The number of carbonyl (C=O) groups excluding carboxylic acids is 3. The molecule has 2 aliphatic heterocycles. The lowest BCUT2D eigenvalue weighted by Crippen LogP contribution is -2.44. The van der Waals surface area contributed by atoms with Gasteiger partial charge in [-0.3, -0.25) is 24.5 Å². The zero-order valence-corrected chi connectivity index (χ0v) is 19.1. The van der Waals surface area contributed by atoms with E-state index in [0.717, 1.165) is 31.9 Å². The van der Waals surface area contributed by atoms with E-state index in [1.807, 2.05) is 24.3 Å². The van der Waals surface area contributed by atoms with Crippen LogP contribution in [0, 0.1) is 0 Å². The first-order valence-corrected chi connectivity index (χ1v) is 11.2. The predicted octanol–water partition coefficient (Wildman–Crippen LogP) is 2.01. The number of benzene rings is 2. The molecule has 0 bridgehead atoms. The summed E-state index contributed by atoms with van der Waals surface area (Å²) in [7, 11) is 2.10. The topological polar surface area (TPSA) is 127 Å². The molecule has 35 heavy (non-hydrogen) atoms. The number of imide groups is 1. The molecular formula is C25H24N6O4. The van der Waals surface area contributed by atoms with Crippen molar-refractivity contribution in [2.45, 2.75) is 0 Å². The molecule has 2 aliphatic rings. The van der Waals surface area contributed by atoms with Crippen LogP contribution in [0.2, 0.25) is 0 Å². The zero-order valence-electron chi connectivity index (χ0n) is 19.1. The van der Waals surface area contributed by atoms with Crippen LogP contribution in [0.3, 0.4) is 0 Å². The number of rotatable bonds is 5. The number of aromatic nitrogens is 1. The maximum Gasteiger partial charge on any atom is 0.263 e. The second-order valence-corrected chi connectivity index (χ2v) is 8.56. The molecule has 3 heterocycles. The van der Waals surface area contributed by atoms with E-state index in [9.17, 15) is 19.2 Å². The SMILES string of the molecule is CN1CCN(c2ccc(NC(=O)c3c(Nc4ccc5c(c4)C(=O)NC5=O)cc[nH]c3=O)cc2)CC1. The molecule has 4 N–H and O–H groups in total. The fraction of sp³-hybridized carbons (Fsp3) is 0.200. The lowest BCUT2D eigenvalue weighted by Gasteiger charge is -2.34. The van der Waals surface area contributed by atoms with Crippen LogP contribution in [0.1, 0.15) is 31.1 Å². The smallest absolute Gasteiger partial charge is 0.263 e. The number of anilines is 4. The Labute approximate surface area is 200 Å². The Balaban J connectivity index is 1.34. The minimum absolute atomic E-state index is 0.100. The van der Waals surface area contributed by atoms with Gasteiger partial charge in [0.1, 0.15) is 5.56 Å². The third kappa shape index (κ3) is 4.51. The van der Waals surface area contributed by atoms with Crippen molar-refractivity contribution in [3.8, 4) is 0 Å². The number of nitrogens with one attached hydrogen (secondary N) is 4. The third-order valence-corrected chi connectivity index (χ3v) is 6.20. The molecule has 10 heteroatoms. The van der Waals surface area contributed by atoms with Crippen molar-refractivity contribution in [3.63, 3.8) is 0 Å². The number of piperazine rings is 1. The second kappa shape index (κ2) is 9.07. The summed E-state index contributed by atoms with van der Waals surface area (Å²) >= 11 is 0. The number of fused-ring (bicyclic) bond motifs is 1. The van der Waals surface area contributed by atoms with Crippen molar-refractivity contribution < 1.29 is 14.4 Å². The van der Waals surface area contributed by atoms with Gasteiger partial charge in [-0.2, -0.15) is 0 Å². The molecular weight excluding hydrogens is 448 g/mol. The summed E-state index contributed by atoms with van der Waals surface area (Å²) in [5.74, 6) is -1.51. The molecule has 0 unspecified atom stereocenters. The normalized spacial score (nSPS) is 15.5. The number of pyridine rings is 1. The highest BCUT2D eigenvalue weighted by Crippen LogP contribution is 2.25. The predicted molar refractivity (Wildman–Crippen MR) is 133 cm³/mol. The summed E-state index contributed by atoms with van der Waals surface area (Å²) in [4.78, 5) is 56.5. The highest BCUT2D eigenvalue weighted by atomic mass is 16.2. The van der Waals surface area contributed by atoms with Crippen molar-refractivity contribution in [1.29, 1.82) is 0 Å². The van der Waals surface area contributed by atoms with Gasteiger partial charge < -0.3 is 25.4 Å². The second-order valence-electron chi connectivity index (χ2n) is 8.56. The molecule has 0 atom stereocenters. The summed E-state index contributed by atoms with van der Waals surface area (Å²) in [5, 5.41) is 8.04. The summed E-state index contributed by atoms with van der Waals surface area (Å²) < 4.78 is 0. The van der Waals surface area contributed by atoms with Crippen LogP contribution in [0.5, 0.6) is 0 Å². The molecule has 3 aromatic rings. The quantitative estimate of drug-likeness (QED) is 0.419. The number of H-pyrrole nitrogens is 1. The molecule has 0 aliphatic carbocycles. The Hall–Kier alpha value is -4.44. The van der Waals surface area contributed by atoms with Crippen molar-refractivity contribution in [2.24, 2.45) is 0 Å². The number of likely N-dealkylation sites (N-methyl/N-ethyl adjacent to an activating group) is 1. The number of nitrogens with zero attached hydrogens (tertiary/aromatic N) is 2. The van der Waals surface area contributed by atoms with Crippen LogP contribution in [0.4, 0.5) is 22.7 Å². The molecule has 1 aromatic heterocycles. The van der Waals surface area contributed by atoms with Gasteiger partial charge in [-0.25, -0.2) is 0 Å². The fourth-order valence-electron chi connectivity index (χ4n) is 4.22. The molecule has 178 valence electrons. The number of hydrogen-bond donors (Lipinski definition) is 4. The standard InChI is InChI=1S/C25H24N6O4/c1-30-10-12-31(13-11-30)17-5-2-15(3-6-17)28-25(35)21-20(8-9-26-24(21)34)27-16-4-7-18-19(14-16)23(33)29-22(18)32/h2-9,14H,10-13H2,1H3,(H,28,35)(H2,26,27,34)(H,29,32,33). The van der Waals surface area contributed by atoms with E-state index in [0.29, 0.717) is 11.4 Å². The maximum absolute atomic E-state index is 13.1. The molecule has 0 saturated carbocycles. The van der Waals surface area contributed by atoms with Crippen molar-refractivity contribution in [1.82, 2.24) is 15.2 Å². The van der Waals surface area contributed by atoms with E-state index in [1.54, 1.807) is 12.1 Å².